The third-order valence-corrected chi connectivity index (χ3v) is 1.70. The molecule has 0 amide bonds. The Balaban J connectivity index is -0.000000289. The number of Topliss-reactive ketones (excluding diaryl/α,β-unsaturated/α-hetero) is 1. The van der Waals surface area contributed by atoms with Crippen LogP contribution in [-0.4, -0.2) is 10.9 Å². The zero-order valence-corrected chi connectivity index (χ0v) is 13.5. The van der Waals surface area contributed by atoms with Crippen LogP contribution >= 0.6 is 0 Å². The van der Waals surface area contributed by atoms with Gasteiger partial charge < -0.3 is 24.8 Å². The summed E-state index contributed by atoms with van der Waals surface area (Å²) in [5, 5.41) is 11.3. The molecule has 0 aromatic heterocycles. The zero-order chi connectivity index (χ0) is 11.3. The summed E-state index contributed by atoms with van der Waals surface area (Å²) in [4.78, 5) is 9.44. The van der Waals surface area contributed by atoms with Gasteiger partial charge in [0.1, 0.15) is 5.78 Å². The van der Waals surface area contributed by atoms with E-state index in [1.165, 1.54) is 13.8 Å². The first kappa shape index (κ1) is 22.0. The molecule has 2 aromatic rings. The molecule has 100 valence electrons. The summed E-state index contributed by atoms with van der Waals surface area (Å²) in [6, 6.07) is 13.9. The van der Waals surface area contributed by atoms with Crippen molar-refractivity contribution < 1.29 is 30.0 Å². The summed E-state index contributed by atoms with van der Waals surface area (Å²) >= 11 is 0. The fraction of sp³-hybridized carbons (Fsp3) is 0.133. The van der Waals surface area contributed by atoms with Gasteiger partial charge in [0.05, 0.1) is 5.75 Å². The standard InChI is InChI=1S/C10H7O.C3H6O.2CH3.Ir/c11-10-7-3-5-8-4-1-2-6-9(8)10;1-3(2)4;;;/h1,3-7,11H;1-2H3;2*1H3;/q-1;;2*-1;+3. The Hall–Kier alpha value is -1.18. The van der Waals surface area contributed by atoms with Crippen molar-refractivity contribution >= 4 is 16.6 Å². The normalized spacial score (nSPS) is 7.67. The second-order valence-corrected chi connectivity index (χ2v) is 3.33. The Labute approximate surface area is 123 Å². The van der Waals surface area contributed by atoms with E-state index < -0.39 is 0 Å². The topological polar surface area (TPSA) is 37.3 Å². The molecule has 0 aliphatic rings. The van der Waals surface area contributed by atoms with Crippen molar-refractivity contribution in [1.82, 2.24) is 0 Å². The molecule has 0 saturated carbocycles. The number of hydrogen-bond acceptors (Lipinski definition) is 2. The third kappa shape index (κ3) is 7.20. The molecule has 3 heteroatoms. The summed E-state index contributed by atoms with van der Waals surface area (Å²) < 4.78 is 0. The molecule has 0 aliphatic heterocycles. The third-order valence-electron chi connectivity index (χ3n) is 1.70. The zero-order valence-electron chi connectivity index (χ0n) is 11.2. The number of fused-ring (bicyclic) bond motifs is 1. The van der Waals surface area contributed by atoms with Gasteiger partial charge in [0.25, 0.3) is 0 Å². The van der Waals surface area contributed by atoms with Gasteiger partial charge in [-0.15, -0.1) is 5.39 Å². The van der Waals surface area contributed by atoms with Crippen LogP contribution in [-0.2, 0) is 24.9 Å². The monoisotopic (exact) mass is 424 g/mol. The van der Waals surface area contributed by atoms with Gasteiger partial charge in [0.2, 0.25) is 0 Å². The van der Waals surface area contributed by atoms with E-state index in [9.17, 15) is 9.90 Å². The number of carbonyl (C=O) groups excluding carboxylic acids is 1. The van der Waals surface area contributed by atoms with Gasteiger partial charge in [-0.25, -0.2) is 0 Å². The van der Waals surface area contributed by atoms with Gasteiger partial charge in [0.15, 0.2) is 0 Å². The summed E-state index contributed by atoms with van der Waals surface area (Å²) in [6.45, 7) is 3.06. The van der Waals surface area contributed by atoms with Crippen LogP contribution in [0.15, 0.2) is 36.4 Å². The van der Waals surface area contributed by atoms with Crippen molar-refractivity contribution in [3.05, 3.63) is 57.3 Å². The molecule has 2 nitrogen and oxygen atoms in total. The van der Waals surface area contributed by atoms with Crippen LogP contribution in [0.25, 0.3) is 10.8 Å². The van der Waals surface area contributed by atoms with Gasteiger partial charge in [0, 0.05) is 0 Å². The number of hydrogen-bond donors (Lipinski definition) is 1. The van der Waals surface area contributed by atoms with E-state index in [2.05, 4.69) is 6.07 Å². The summed E-state index contributed by atoms with van der Waals surface area (Å²) in [5.74, 6) is 0.486. The van der Waals surface area contributed by atoms with E-state index in [1.54, 1.807) is 12.1 Å². The van der Waals surface area contributed by atoms with Crippen LogP contribution in [0, 0.1) is 20.9 Å². The van der Waals surface area contributed by atoms with Crippen molar-refractivity contribution in [1.29, 1.82) is 0 Å². The minimum absolute atomic E-state index is 0. The molecule has 0 radical (unpaired) electrons. The molecule has 0 aliphatic carbocycles. The van der Waals surface area contributed by atoms with Crippen LogP contribution in [0.1, 0.15) is 13.8 Å². The maximum Gasteiger partial charge on any atom is 3.00 e. The van der Waals surface area contributed by atoms with E-state index >= 15 is 0 Å². The van der Waals surface area contributed by atoms with Crippen LogP contribution in [0.2, 0.25) is 0 Å². The molecule has 0 atom stereocenters. The Kier molecular flexibility index (Phi) is 13.4. The molecule has 2 rings (SSSR count). The molecule has 0 bridgehead atoms. The number of aromatic hydroxyl groups is 1. The largest absolute Gasteiger partial charge is 3.00 e. The molecular weight excluding hydrogens is 404 g/mol. The fourth-order valence-corrected chi connectivity index (χ4v) is 1.14. The predicted molar refractivity (Wildman–Crippen MR) is 73.6 cm³/mol. The fourth-order valence-electron chi connectivity index (χ4n) is 1.14. The van der Waals surface area contributed by atoms with Crippen LogP contribution in [0.4, 0.5) is 0 Å². The van der Waals surface area contributed by atoms with Crippen LogP contribution in [0.5, 0.6) is 5.75 Å². The average molecular weight is 424 g/mol. The molecule has 0 spiro atoms. The van der Waals surface area contributed by atoms with Gasteiger partial charge in [-0.2, -0.15) is 24.3 Å². The summed E-state index contributed by atoms with van der Waals surface area (Å²) in [6.07, 6.45) is 0. The number of phenolic OH excluding ortho intramolecular Hbond substituents is 1. The van der Waals surface area contributed by atoms with Gasteiger partial charge in [-0.05, 0) is 19.9 Å². The first-order chi connectivity index (χ1) is 7.11. The van der Waals surface area contributed by atoms with E-state index in [0.29, 0.717) is 5.75 Å². The van der Waals surface area contributed by atoms with Crippen LogP contribution < -0.4 is 0 Å². The molecular formula is C15H19IrO2. The number of rotatable bonds is 0. The van der Waals surface area contributed by atoms with E-state index in [0.717, 1.165) is 10.8 Å². The average Bonchev–Trinajstić information content (AvgIpc) is 2.18. The quantitative estimate of drug-likeness (QED) is 0.654. The predicted octanol–water partition coefficient (Wildman–Crippen LogP) is 3.84. The molecule has 1 N–H and O–H groups in total. The first-order valence-electron chi connectivity index (χ1n) is 4.66. The SMILES string of the molecule is CC(C)=O.Oc1cccc2cc[c-]cc12.[CH3-].[CH3-].[Ir+3]. The molecule has 18 heavy (non-hydrogen) atoms. The minimum Gasteiger partial charge on any atom is -0.520 e. The van der Waals surface area contributed by atoms with Gasteiger partial charge in [-0.1, -0.05) is 17.5 Å². The van der Waals surface area contributed by atoms with Gasteiger partial charge in [-0.3, -0.25) is 0 Å². The molecule has 0 fully saturated rings. The smallest absolute Gasteiger partial charge is 0.520 e. The Morgan fingerprint density at radius 1 is 1.17 bits per heavy atom. The van der Waals surface area contributed by atoms with E-state index in [4.69, 9.17) is 0 Å². The summed E-state index contributed by atoms with van der Waals surface area (Å²) in [7, 11) is 0. The maximum absolute atomic E-state index is 9.44. The second kappa shape index (κ2) is 10.9. The number of carbonyl (C=O) groups is 1. The Morgan fingerprint density at radius 3 is 2.22 bits per heavy atom. The number of phenols is 1. The maximum atomic E-state index is 9.44. The van der Waals surface area contributed by atoms with Crippen molar-refractivity contribution in [3.8, 4) is 5.75 Å². The molecule has 0 heterocycles. The molecule has 0 saturated heterocycles. The Morgan fingerprint density at radius 2 is 1.72 bits per heavy atom. The Bertz CT molecular complexity index is 458. The van der Waals surface area contributed by atoms with Crippen LogP contribution in [0.3, 0.4) is 0 Å². The molecule has 0 unspecified atom stereocenters. The van der Waals surface area contributed by atoms with Crippen molar-refractivity contribution in [2.24, 2.45) is 0 Å². The van der Waals surface area contributed by atoms with Crippen molar-refractivity contribution in [3.63, 3.8) is 0 Å². The second-order valence-electron chi connectivity index (χ2n) is 3.33. The summed E-state index contributed by atoms with van der Waals surface area (Å²) in [5.41, 5.74) is 0. The number of ketones is 1. The van der Waals surface area contributed by atoms with Crippen molar-refractivity contribution in [2.75, 3.05) is 0 Å². The number of benzene rings is 2. The first-order valence-corrected chi connectivity index (χ1v) is 4.66. The minimum atomic E-state index is 0. The van der Waals surface area contributed by atoms with Gasteiger partial charge >= 0.3 is 20.1 Å². The van der Waals surface area contributed by atoms with Crippen molar-refractivity contribution in [2.45, 2.75) is 13.8 Å². The van der Waals surface area contributed by atoms with E-state index in [1.807, 2.05) is 24.3 Å². The van der Waals surface area contributed by atoms with E-state index in [-0.39, 0.29) is 40.7 Å². The molecule has 2 aromatic carbocycles.